The largest absolute Gasteiger partial charge is 0.235 e. The molecule has 1 aromatic rings. The van der Waals surface area contributed by atoms with E-state index in [1.807, 2.05) is 30.3 Å². The Hall–Kier alpha value is -0.730. The van der Waals surface area contributed by atoms with E-state index in [0.29, 0.717) is 0 Å². The Labute approximate surface area is 64.7 Å². The molecule has 0 saturated heterocycles. The van der Waals surface area contributed by atoms with E-state index < -0.39 is 0 Å². The van der Waals surface area contributed by atoms with Crippen LogP contribution in [0.3, 0.4) is 0 Å². The zero-order valence-corrected chi connectivity index (χ0v) is 6.08. The van der Waals surface area contributed by atoms with Crippen molar-refractivity contribution in [2.24, 2.45) is 0 Å². The van der Waals surface area contributed by atoms with E-state index in [4.69, 9.17) is 11.6 Å². The summed E-state index contributed by atoms with van der Waals surface area (Å²) in [5, 5.41) is 0. The maximum absolute atomic E-state index is 5.24. The zero-order valence-electron chi connectivity index (χ0n) is 5.33. The average Bonchev–Trinajstić information content (AvgIpc) is 2.03. The monoisotopic (exact) mass is 156 g/mol. The van der Waals surface area contributed by atoms with Crippen molar-refractivity contribution >= 4 is 17.3 Å². The molecule has 0 amide bonds. The maximum atomic E-state index is 5.24. The van der Waals surface area contributed by atoms with Crippen molar-refractivity contribution in [2.45, 2.75) is 0 Å². The molecule has 0 saturated carbocycles. The molecule has 0 heterocycles. The minimum atomic E-state index is 0.0922. The standard InChI is InChI=1S/C7H7ClNO/c8-6-10-9-7-4-2-1-3-5-7/h1-5H,6H2. The van der Waals surface area contributed by atoms with Crippen LogP contribution in [0.5, 0.6) is 0 Å². The molecule has 2 nitrogen and oxygen atoms in total. The average molecular weight is 157 g/mol. The third kappa shape index (κ3) is 2.25. The lowest BCUT2D eigenvalue weighted by atomic mass is 10.3. The van der Waals surface area contributed by atoms with Gasteiger partial charge in [0.25, 0.3) is 0 Å². The van der Waals surface area contributed by atoms with Gasteiger partial charge in [-0.15, -0.1) is 5.48 Å². The van der Waals surface area contributed by atoms with Crippen LogP contribution < -0.4 is 5.48 Å². The van der Waals surface area contributed by atoms with Gasteiger partial charge in [-0.3, -0.25) is 0 Å². The minimum absolute atomic E-state index is 0.0922. The van der Waals surface area contributed by atoms with Crippen molar-refractivity contribution < 1.29 is 4.84 Å². The summed E-state index contributed by atoms with van der Waals surface area (Å²) in [4.78, 5) is 4.61. The summed E-state index contributed by atoms with van der Waals surface area (Å²) in [7, 11) is 0. The highest BCUT2D eigenvalue weighted by atomic mass is 35.5. The van der Waals surface area contributed by atoms with Gasteiger partial charge in [0.05, 0.1) is 5.69 Å². The maximum Gasteiger partial charge on any atom is 0.151 e. The van der Waals surface area contributed by atoms with Crippen LogP contribution in [0.2, 0.25) is 0 Å². The quantitative estimate of drug-likeness (QED) is 0.485. The molecule has 1 radical (unpaired) electrons. The van der Waals surface area contributed by atoms with Gasteiger partial charge in [-0.25, -0.2) is 4.84 Å². The Morgan fingerprint density at radius 2 is 2.00 bits per heavy atom. The van der Waals surface area contributed by atoms with Gasteiger partial charge in [-0.2, -0.15) is 0 Å². The first-order chi connectivity index (χ1) is 4.93. The Kier molecular flexibility index (Phi) is 3.06. The van der Waals surface area contributed by atoms with Crippen LogP contribution >= 0.6 is 11.6 Å². The molecule has 1 aromatic carbocycles. The van der Waals surface area contributed by atoms with Crippen LogP contribution in [0.25, 0.3) is 0 Å². The Morgan fingerprint density at radius 3 is 2.60 bits per heavy atom. The predicted octanol–water partition coefficient (Wildman–Crippen LogP) is 2.05. The molecule has 0 aliphatic heterocycles. The number of alkyl halides is 1. The lowest BCUT2D eigenvalue weighted by Gasteiger charge is -1.96. The first kappa shape index (κ1) is 7.38. The van der Waals surface area contributed by atoms with Gasteiger partial charge in [-0.05, 0) is 12.1 Å². The highest BCUT2D eigenvalue weighted by Crippen LogP contribution is 2.04. The van der Waals surface area contributed by atoms with Crippen LogP contribution in [-0.2, 0) is 4.84 Å². The normalized spacial score (nSPS) is 9.30. The third-order valence-corrected chi connectivity index (χ3v) is 1.07. The van der Waals surface area contributed by atoms with E-state index >= 15 is 0 Å². The van der Waals surface area contributed by atoms with Crippen molar-refractivity contribution in [2.75, 3.05) is 6.07 Å². The smallest absolute Gasteiger partial charge is 0.151 e. The molecule has 10 heavy (non-hydrogen) atoms. The summed E-state index contributed by atoms with van der Waals surface area (Å²) in [6, 6.07) is 9.46. The molecule has 3 heteroatoms. The molecule has 0 aliphatic carbocycles. The fraction of sp³-hybridized carbons (Fsp3) is 0.143. The fourth-order valence-electron chi connectivity index (χ4n) is 0.588. The van der Waals surface area contributed by atoms with Crippen LogP contribution in [0.4, 0.5) is 5.69 Å². The molecule has 0 spiro atoms. The van der Waals surface area contributed by atoms with Crippen molar-refractivity contribution in [3.63, 3.8) is 0 Å². The molecule has 0 aliphatic rings. The van der Waals surface area contributed by atoms with Gasteiger partial charge in [0, 0.05) is 0 Å². The molecule has 0 fully saturated rings. The second kappa shape index (κ2) is 4.14. The number of hydrogen-bond acceptors (Lipinski definition) is 1. The van der Waals surface area contributed by atoms with E-state index in [2.05, 4.69) is 10.3 Å². The first-order valence-corrected chi connectivity index (χ1v) is 3.41. The molecule has 0 N–H and O–H groups in total. The second-order valence-corrected chi connectivity index (χ2v) is 1.88. The number of rotatable bonds is 3. The SMILES string of the molecule is ClCO[N]c1ccccc1. The highest BCUT2D eigenvalue weighted by molar-refractivity contribution is 6.17. The summed E-state index contributed by atoms with van der Waals surface area (Å²) >= 11 is 5.24. The molecule has 0 aromatic heterocycles. The van der Waals surface area contributed by atoms with E-state index in [0.717, 1.165) is 5.69 Å². The van der Waals surface area contributed by atoms with E-state index in [1.165, 1.54) is 0 Å². The number of halogens is 1. The summed E-state index contributed by atoms with van der Waals surface area (Å²) in [5.41, 5.74) is 4.47. The van der Waals surface area contributed by atoms with Crippen molar-refractivity contribution in [3.05, 3.63) is 30.3 Å². The number of hydrogen-bond donors (Lipinski definition) is 0. The summed E-state index contributed by atoms with van der Waals surface area (Å²) < 4.78 is 0. The molecule has 0 unspecified atom stereocenters. The molecular formula is C7H7ClNO. The number of nitrogens with zero attached hydrogens (tertiary/aromatic N) is 1. The van der Waals surface area contributed by atoms with Crippen LogP contribution in [-0.4, -0.2) is 6.07 Å². The predicted molar refractivity (Wildman–Crippen MR) is 40.0 cm³/mol. The van der Waals surface area contributed by atoms with E-state index in [9.17, 15) is 0 Å². The molecule has 1 rings (SSSR count). The van der Waals surface area contributed by atoms with Crippen molar-refractivity contribution in [1.82, 2.24) is 5.48 Å². The Morgan fingerprint density at radius 1 is 1.30 bits per heavy atom. The fourth-order valence-corrected chi connectivity index (χ4v) is 0.637. The molecule has 0 bridgehead atoms. The van der Waals surface area contributed by atoms with Crippen LogP contribution in [0.1, 0.15) is 0 Å². The van der Waals surface area contributed by atoms with Gasteiger partial charge < -0.3 is 0 Å². The van der Waals surface area contributed by atoms with Crippen LogP contribution in [0.15, 0.2) is 30.3 Å². The van der Waals surface area contributed by atoms with Gasteiger partial charge >= 0.3 is 0 Å². The molecular weight excluding hydrogens is 150 g/mol. The van der Waals surface area contributed by atoms with Gasteiger partial charge in [0.15, 0.2) is 6.07 Å². The first-order valence-electron chi connectivity index (χ1n) is 2.87. The molecule has 53 valence electrons. The van der Waals surface area contributed by atoms with E-state index in [-0.39, 0.29) is 6.07 Å². The van der Waals surface area contributed by atoms with Crippen molar-refractivity contribution in [1.29, 1.82) is 0 Å². The Balaban J connectivity index is 2.43. The van der Waals surface area contributed by atoms with Crippen LogP contribution in [0, 0.1) is 0 Å². The minimum Gasteiger partial charge on any atom is -0.235 e. The topological polar surface area (TPSA) is 23.3 Å². The van der Waals surface area contributed by atoms with Crippen molar-refractivity contribution in [3.8, 4) is 0 Å². The van der Waals surface area contributed by atoms with Gasteiger partial charge in [0.1, 0.15) is 0 Å². The summed E-state index contributed by atoms with van der Waals surface area (Å²) in [6.07, 6.45) is 0. The second-order valence-electron chi connectivity index (χ2n) is 1.67. The zero-order chi connectivity index (χ0) is 7.23. The van der Waals surface area contributed by atoms with Gasteiger partial charge in [0.2, 0.25) is 0 Å². The summed E-state index contributed by atoms with van der Waals surface area (Å²) in [5.74, 6) is 0. The number of benzene rings is 1. The lowest BCUT2D eigenvalue weighted by Crippen LogP contribution is -1.96. The summed E-state index contributed by atoms with van der Waals surface area (Å²) in [6.45, 7) is 0. The van der Waals surface area contributed by atoms with E-state index in [1.54, 1.807) is 0 Å². The van der Waals surface area contributed by atoms with Gasteiger partial charge in [-0.1, -0.05) is 29.8 Å². The third-order valence-electron chi connectivity index (χ3n) is 0.975. The Bertz CT molecular complexity index is 178. The lowest BCUT2D eigenvalue weighted by molar-refractivity contribution is 0.107. The highest BCUT2D eigenvalue weighted by Gasteiger charge is 1.88. The molecule has 0 atom stereocenters.